The molecule has 0 radical (unpaired) electrons. The van der Waals surface area contributed by atoms with Crippen LogP contribution in [0.5, 0.6) is 0 Å². The smallest absolute Gasteiger partial charge is 0.355 e. The highest BCUT2D eigenvalue weighted by Crippen LogP contribution is 2.24. The van der Waals surface area contributed by atoms with E-state index in [1.165, 1.54) is 19.2 Å². The highest BCUT2D eigenvalue weighted by Gasteiger charge is 2.27. The Morgan fingerprint density at radius 3 is 2.08 bits per heavy atom. The van der Waals surface area contributed by atoms with Gasteiger partial charge in [-0.3, -0.25) is 9.59 Å². The second kappa shape index (κ2) is 7.61. The Balaban J connectivity index is 1.89. The SMILES string of the molecule is CC(=O)c1c[nH]c(C(=O)O[C@@H](C(=O)c2ccccc2)c2ccccc2)c1. The van der Waals surface area contributed by atoms with Gasteiger partial charge in [-0.2, -0.15) is 0 Å². The Bertz CT molecular complexity index is 929. The average Bonchev–Trinajstić information content (AvgIpc) is 3.17. The summed E-state index contributed by atoms with van der Waals surface area (Å²) in [6.45, 7) is 1.41. The molecule has 1 heterocycles. The molecule has 0 aliphatic carbocycles. The molecule has 3 aromatic rings. The number of ether oxygens (including phenoxy) is 1. The monoisotopic (exact) mass is 347 g/mol. The standard InChI is InChI=1S/C21H17NO4/c1-14(23)17-12-18(22-13-17)21(25)26-20(16-10-6-3-7-11-16)19(24)15-8-4-2-5-9-15/h2-13,20,22H,1H3/t20-/m1/s1. The van der Waals surface area contributed by atoms with Gasteiger partial charge < -0.3 is 9.72 Å². The number of carbonyl (C=O) groups is 3. The molecule has 0 saturated heterocycles. The maximum absolute atomic E-state index is 12.9. The molecule has 0 fully saturated rings. The molecule has 0 spiro atoms. The molecule has 26 heavy (non-hydrogen) atoms. The lowest BCUT2D eigenvalue weighted by atomic mass is 10.00. The fraction of sp³-hybridized carbons (Fsp3) is 0.0952. The van der Waals surface area contributed by atoms with Crippen molar-refractivity contribution in [2.24, 2.45) is 0 Å². The van der Waals surface area contributed by atoms with Crippen molar-refractivity contribution >= 4 is 17.5 Å². The molecule has 1 aromatic heterocycles. The Morgan fingerprint density at radius 2 is 1.50 bits per heavy atom. The topological polar surface area (TPSA) is 76.2 Å². The molecule has 0 bridgehead atoms. The van der Waals surface area contributed by atoms with Crippen LogP contribution in [-0.4, -0.2) is 22.5 Å². The largest absolute Gasteiger partial charge is 0.444 e. The van der Waals surface area contributed by atoms with E-state index in [1.807, 2.05) is 12.1 Å². The maximum Gasteiger partial charge on any atom is 0.355 e. The van der Waals surface area contributed by atoms with Crippen molar-refractivity contribution in [2.45, 2.75) is 13.0 Å². The first kappa shape index (κ1) is 17.4. The van der Waals surface area contributed by atoms with Gasteiger partial charge in [0.15, 0.2) is 11.9 Å². The number of hydrogen-bond donors (Lipinski definition) is 1. The summed E-state index contributed by atoms with van der Waals surface area (Å²) >= 11 is 0. The summed E-state index contributed by atoms with van der Waals surface area (Å²) < 4.78 is 5.50. The van der Waals surface area contributed by atoms with Gasteiger partial charge in [0, 0.05) is 22.9 Å². The van der Waals surface area contributed by atoms with Crippen LogP contribution in [-0.2, 0) is 4.74 Å². The molecular weight excluding hydrogens is 330 g/mol. The van der Waals surface area contributed by atoms with Crippen molar-refractivity contribution in [3.05, 3.63) is 95.3 Å². The van der Waals surface area contributed by atoms with E-state index in [-0.39, 0.29) is 17.3 Å². The van der Waals surface area contributed by atoms with Crippen molar-refractivity contribution < 1.29 is 19.1 Å². The quantitative estimate of drug-likeness (QED) is 0.540. The minimum absolute atomic E-state index is 0.122. The van der Waals surface area contributed by atoms with Gasteiger partial charge in [-0.15, -0.1) is 0 Å². The lowest BCUT2D eigenvalue weighted by Crippen LogP contribution is -2.20. The average molecular weight is 347 g/mol. The summed E-state index contributed by atoms with van der Waals surface area (Å²) in [5.74, 6) is -1.18. The van der Waals surface area contributed by atoms with Crippen molar-refractivity contribution in [3.8, 4) is 0 Å². The van der Waals surface area contributed by atoms with Crippen LogP contribution in [0.4, 0.5) is 0 Å². The Morgan fingerprint density at radius 1 is 0.885 bits per heavy atom. The van der Waals surface area contributed by atoms with Crippen LogP contribution in [0.15, 0.2) is 72.9 Å². The van der Waals surface area contributed by atoms with Gasteiger partial charge in [-0.1, -0.05) is 60.7 Å². The zero-order valence-corrected chi connectivity index (χ0v) is 14.1. The fourth-order valence-corrected chi connectivity index (χ4v) is 2.54. The summed E-state index contributed by atoms with van der Waals surface area (Å²) in [5, 5.41) is 0. The van der Waals surface area contributed by atoms with E-state index in [2.05, 4.69) is 4.98 Å². The van der Waals surface area contributed by atoms with E-state index < -0.39 is 12.1 Å². The minimum atomic E-state index is -1.07. The summed E-state index contributed by atoms with van der Waals surface area (Å²) in [6, 6.07) is 18.9. The van der Waals surface area contributed by atoms with Gasteiger partial charge in [0.05, 0.1) is 0 Å². The number of carbonyl (C=O) groups excluding carboxylic acids is 3. The highest BCUT2D eigenvalue weighted by atomic mass is 16.5. The van der Waals surface area contributed by atoms with Gasteiger partial charge in [0.2, 0.25) is 5.78 Å². The number of aromatic nitrogens is 1. The van der Waals surface area contributed by atoms with Gasteiger partial charge >= 0.3 is 5.97 Å². The normalized spacial score (nSPS) is 11.6. The number of Topliss-reactive ketones (excluding diaryl/α,β-unsaturated/α-hetero) is 2. The number of esters is 1. The van der Waals surface area contributed by atoms with Crippen LogP contribution < -0.4 is 0 Å². The maximum atomic E-state index is 12.9. The van der Waals surface area contributed by atoms with Gasteiger partial charge in [-0.25, -0.2) is 4.79 Å². The van der Waals surface area contributed by atoms with E-state index in [0.29, 0.717) is 16.7 Å². The van der Waals surface area contributed by atoms with Crippen LogP contribution in [0.25, 0.3) is 0 Å². The summed E-state index contributed by atoms with van der Waals surface area (Å²) in [7, 11) is 0. The number of aromatic amines is 1. The van der Waals surface area contributed by atoms with Crippen molar-refractivity contribution in [1.82, 2.24) is 4.98 Å². The molecule has 1 atom stereocenters. The Labute approximate surface area is 150 Å². The molecule has 0 aliphatic rings. The van der Waals surface area contributed by atoms with Crippen LogP contribution in [0.2, 0.25) is 0 Å². The number of nitrogens with one attached hydrogen (secondary N) is 1. The number of hydrogen-bond acceptors (Lipinski definition) is 4. The summed E-state index contributed by atoms with van der Waals surface area (Å²) in [6.07, 6.45) is 0.366. The molecule has 0 amide bonds. The summed E-state index contributed by atoms with van der Waals surface area (Å²) in [5.41, 5.74) is 1.53. The molecule has 1 N–H and O–H groups in total. The molecule has 0 unspecified atom stereocenters. The molecule has 0 aliphatic heterocycles. The van der Waals surface area contributed by atoms with Crippen LogP contribution >= 0.6 is 0 Å². The fourth-order valence-electron chi connectivity index (χ4n) is 2.54. The molecule has 0 saturated carbocycles. The Kier molecular flexibility index (Phi) is 5.08. The molecular formula is C21H17NO4. The predicted octanol–water partition coefficient (Wildman–Crippen LogP) is 4.00. The summed E-state index contributed by atoms with van der Waals surface area (Å²) in [4.78, 5) is 39.5. The third-order valence-corrected chi connectivity index (χ3v) is 3.93. The molecule has 2 aromatic carbocycles. The van der Waals surface area contributed by atoms with Gasteiger partial charge in [0.1, 0.15) is 5.69 Å². The van der Waals surface area contributed by atoms with Crippen LogP contribution in [0.3, 0.4) is 0 Å². The number of ketones is 2. The molecule has 5 heteroatoms. The second-order valence-corrected chi connectivity index (χ2v) is 5.78. The molecule has 130 valence electrons. The zero-order valence-electron chi connectivity index (χ0n) is 14.1. The van der Waals surface area contributed by atoms with Crippen molar-refractivity contribution in [2.75, 3.05) is 0 Å². The van der Waals surface area contributed by atoms with Crippen LogP contribution in [0.1, 0.15) is 49.8 Å². The first-order valence-corrected chi connectivity index (χ1v) is 8.11. The first-order valence-electron chi connectivity index (χ1n) is 8.11. The second-order valence-electron chi connectivity index (χ2n) is 5.78. The van der Waals surface area contributed by atoms with E-state index in [4.69, 9.17) is 4.74 Å². The number of H-pyrrole nitrogens is 1. The van der Waals surface area contributed by atoms with E-state index in [0.717, 1.165) is 0 Å². The Hall–Kier alpha value is -3.47. The van der Waals surface area contributed by atoms with Gasteiger partial charge in [0.25, 0.3) is 0 Å². The third kappa shape index (κ3) is 3.78. The minimum Gasteiger partial charge on any atom is -0.444 e. The molecule has 5 nitrogen and oxygen atoms in total. The van der Waals surface area contributed by atoms with Gasteiger partial charge in [-0.05, 0) is 13.0 Å². The van der Waals surface area contributed by atoms with Crippen molar-refractivity contribution in [1.29, 1.82) is 0 Å². The third-order valence-electron chi connectivity index (χ3n) is 3.93. The molecule has 3 rings (SSSR count). The number of rotatable bonds is 6. The lowest BCUT2D eigenvalue weighted by molar-refractivity contribution is 0.0275. The van der Waals surface area contributed by atoms with E-state index in [1.54, 1.807) is 48.5 Å². The van der Waals surface area contributed by atoms with E-state index in [9.17, 15) is 14.4 Å². The lowest BCUT2D eigenvalue weighted by Gasteiger charge is -2.17. The van der Waals surface area contributed by atoms with Crippen molar-refractivity contribution in [3.63, 3.8) is 0 Å². The first-order chi connectivity index (χ1) is 12.6. The zero-order chi connectivity index (χ0) is 18.5. The van der Waals surface area contributed by atoms with E-state index >= 15 is 0 Å². The van der Waals surface area contributed by atoms with Crippen LogP contribution in [0, 0.1) is 0 Å². The highest BCUT2D eigenvalue weighted by molar-refractivity contribution is 6.02. The predicted molar refractivity (Wildman–Crippen MR) is 96.2 cm³/mol. The number of benzene rings is 2.